The number of hydrogen-bond donors (Lipinski definition) is 1. The lowest BCUT2D eigenvalue weighted by molar-refractivity contribution is -0.113. The molecular formula is C28H22ClN3O2S. The molecule has 1 amide bonds. The molecule has 7 heteroatoms. The molecule has 5 nitrogen and oxygen atoms in total. The first-order chi connectivity index (χ1) is 17.1. The average molecular weight is 500 g/mol. The smallest absolute Gasteiger partial charge is 0.234 e. The van der Waals surface area contributed by atoms with Gasteiger partial charge in [-0.1, -0.05) is 65.8 Å². The van der Waals surface area contributed by atoms with Gasteiger partial charge in [0.05, 0.1) is 23.6 Å². The number of nitrogens with one attached hydrogen (secondary N) is 1. The zero-order valence-corrected chi connectivity index (χ0v) is 20.6. The quantitative estimate of drug-likeness (QED) is 0.262. The Morgan fingerprint density at radius 3 is 2.40 bits per heavy atom. The van der Waals surface area contributed by atoms with E-state index in [1.54, 1.807) is 24.3 Å². The van der Waals surface area contributed by atoms with Crippen molar-refractivity contribution in [1.29, 1.82) is 5.26 Å². The lowest BCUT2D eigenvalue weighted by atomic mass is 9.99. The number of ether oxygens (including phenoxy) is 1. The second kappa shape index (κ2) is 11.6. The zero-order valence-electron chi connectivity index (χ0n) is 19.0. The van der Waals surface area contributed by atoms with Crippen LogP contribution >= 0.6 is 23.4 Å². The first kappa shape index (κ1) is 24.3. The second-order valence-electron chi connectivity index (χ2n) is 7.51. The largest absolute Gasteiger partial charge is 0.494 e. The first-order valence-corrected chi connectivity index (χ1v) is 12.4. The lowest BCUT2D eigenvalue weighted by Gasteiger charge is -2.13. The summed E-state index contributed by atoms with van der Waals surface area (Å²) in [5, 5.41) is 14.0. The van der Waals surface area contributed by atoms with Crippen LogP contribution in [-0.4, -0.2) is 23.3 Å². The van der Waals surface area contributed by atoms with E-state index in [2.05, 4.69) is 11.4 Å². The van der Waals surface area contributed by atoms with Crippen LogP contribution in [0.25, 0.3) is 22.4 Å². The van der Waals surface area contributed by atoms with Crippen LogP contribution in [0.5, 0.6) is 5.75 Å². The molecule has 0 saturated heterocycles. The van der Waals surface area contributed by atoms with Gasteiger partial charge in [0.15, 0.2) is 0 Å². The highest BCUT2D eigenvalue weighted by Gasteiger charge is 2.17. The molecule has 35 heavy (non-hydrogen) atoms. The summed E-state index contributed by atoms with van der Waals surface area (Å²) in [4.78, 5) is 17.4. The number of amides is 1. The number of benzene rings is 3. The van der Waals surface area contributed by atoms with Gasteiger partial charge in [0.2, 0.25) is 5.91 Å². The van der Waals surface area contributed by atoms with E-state index in [4.69, 9.17) is 21.3 Å². The van der Waals surface area contributed by atoms with Crippen LogP contribution in [0.3, 0.4) is 0 Å². The molecule has 0 aliphatic carbocycles. The van der Waals surface area contributed by atoms with Crippen molar-refractivity contribution in [3.8, 4) is 34.2 Å². The van der Waals surface area contributed by atoms with E-state index in [0.717, 1.165) is 22.4 Å². The molecule has 3 aromatic carbocycles. The van der Waals surface area contributed by atoms with Crippen LogP contribution in [0.2, 0.25) is 5.02 Å². The number of halogens is 1. The molecule has 0 bridgehead atoms. The Bertz CT molecular complexity index is 1350. The summed E-state index contributed by atoms with van der Waals surface area (Å²) >= 11 is 7.30. The minimum Gasteiger partial charge on any atom is -0.494 e. The van der Waals surface area contributed by atoms with Crippen LogP contribution in [0.1, 0.15) is 12.5 Å². The molecule has 4 aromatic rings. The van der Waals surface area contributed by atoms with E-state index in [1.165, 1.54) is 11.8 Å². The maximum Gasteiger partial charge on any atom is 0.234 e. The number of aromatic nitrogens is 1. The van der Waals surface area contributed by atoms with Gasteiger partial charge in [0.1, 0.15) is 16.8 Å². The highest BCUT2D eigenvalue weighted by Crippen LogP contribution is 2.34. The Balaban J connectivity index is 1.61. The highest BCUT2D eigenvalue weighted by atomic mass is 35.5. The molecule has 0 radical (unpaired) electrons. The molecule has 0 aliphatic rings. The Morgan fingerprint density at radius 1 is 1.03 bits per heavy atom. The minimum absolute atomic E-state index is 0.104. The van der Waals surface area contributed by atoms with Crippen LogP contribution < -0.4 is 10.1 Å². The number of rotatable bonds is 8. The van der Waals surface area contributed by atoms with Gasteiger partial charge < -0.3 is 10.1 Å². The highest BCUT2D eigenvalue weighted by molar-refractivity contribution is 8.00. The Hall–Kier alpha value is -3.79. The van der Waals surface area contributed by atoms with Crippen LogP contribution in [-0.2, 0) is 4.79 Å². The lowest BCUT2D eigenvalue weighted by Crippen LogP contribution is -2.14. The molecule has 1 heterocycles. The van der Waals surface area contributed by atoms with Gasteiger partial charge in [-0.3, -0.25) is 4.79 Å². The molecule has 0 saturated carbocycles. The summed E-state index contributed by atoms with van der Waals surface area (Å²) in [7, 11) is 0. The molecule has 0 aliphatic heterocycles. The normalized spacial score (nSPS) is 10.4. The van der Waals surface area contributed by atoms with Gasteiger partial charge in [-0.05, 0) is 55.0 Å². The second-order valence-corrected chi connectivity index (χ2v) is 8.91. The Kier molecular flexibility index (Phi) is 8.04. The van der Waals surface area contributed by atoms with E-state index in [-0.39, 0.29) is 11.7 Å². The van der Waals surface area contributed by atoms with E-state index < -0.39 is 0 Å². The zero-order chi connectivity index (χ0) is 24.6. The third kappa shape index (κ3) is 6.21. The van der Waals surface area contributed by atoms with Crippen molar-refractivity contribution >= 4 is 35.0 Å². The number of nitriles is 1. The maximum atomic E-state index is 12.7. The van der Waals surface area contributed by atoms with Crippen molar-refractivity contribution in [3.63, 3.8) is 0 Å². The maximum absolute atomic E-state index is 12.7. The topological polar surface area (TPSA) is 75.0 Å². The Labute approximate surface area is 213 Å². The summed E-state index contributed by atoms with van der Waals surface area (Å²) in [6, 6.07) is 28.5. The summed E-state index contributed by atoms with van der Waals surface area (Å²) in [6.07, 6.45) is 0. The van der Waals surface area contributed by atoms with Gasteiger partial charge >= 0.3 is 0 Å². The van der Waals surface area contributed by atoms with Crippen molar-refractivity contribution in [3.05, 3.63) is 95.5 Å². The summed E-state index contributed by atoms with van der Waals surface area (Å²) in [5.74, 6) is 0.658. The fourth-order valence-electron chi connectivity index (χ4n) is 3.48. The predicted molar refractivity (Wildman–Crippen MR) is 142 cm³/mol. The molecule has 4 rings (SSSR count). The fraction of sp³-hybridized carbons (Fsp3) is 0.107. The van der Waals surface area contributed by atoms with Gasteiger partial charge in [0, 0.05) is 21.8 Å². The van der Waals surface area contributed by atoms with Crippen LogP contribution in [0.15, 0.2) is 90.0 Å². The monoisotopic (exact) mass is 499 g/mol. The van der Waals surface area contributed by atoms with E-state index in [1.807, 2.05) is 67.6 Å². The Morgan fingerprint density at radius 2 is 1.74 bits per heavy atom. The third-order valence-electron chi connectivity index (χ3n) is 5.11. The van der Waals surface area contributed by atoms with Gasteiger partial charge in [-0.25, -0.2) is 4.98 Å². The molecule has 0 fully saturated rings. The standard InChI is InChI=1S/C28H22ClN3O2S/c1-2-34-23-14-12-22(13-15-23)31-27(33)18-35-28-25(17-30)24(19-6-4-3-5-7-19)16-26(32-28)20-8-10-21(29)11-9-20/h3-16H,2,18H2,1H3,(H,31,33). The molecule has 1 aromatic heterocycles. The summed E-state index contributed by atoms with van der Waals surface area (Å²) in [6.45, 7) is 2.50. The van der Waals surface area contributed by atoms with Crippen molar-refractivity contribution < 1.29 is 9.53 Å². The van der Waals surface area contributed by atoms with E-state index >= 15 is 0 Å². The number of hydrogen-bond acceptors (Lipinski definition) is 5. The molecule has 0 spiro atoms. The fourth-order valence-corrected chi connectivity index (χ4v) is 4.41. The summed E-state index contributed by atoms with van der Waals surface area (Å²) < 4.78 is 5.44. The van der Waals surface area contributed by atoms with Crippen molar-refractivity contribution in [2.45, 2.75) is 11.9 Å². The first-order valence-electron chi connectivity index (χ1n) is 11.0. The third-order valence-corrected chi connectivity index (χ3v) is 6.34. The van der Waals surface area contributed by atoms with Crippen molar-refractivity contribution in [2.75, 3.05) is 17.7 Å². The molecule has 174 valence electrons. The molecule has 1 N–H and O–H groups in total. The van der Waals surface area contributed by atoms with Crippen LogP contribution in [0, 0.1) is 11.3 Å². The minimum atomic E-state index is -0.192. The van der Waals surface area contributed by atoms with Crippen molar-refractivity contribution in [2.24, 2.45) is 0 Å². The number of carbonyl (C=O) groups excluding carboxylic acids is 1. The van der Waals surface area contributed by atoms with Crippen molar-refractivity contribution in [1.82, 2.24) is 4.98 Å². The average Bonchev–Trinajstić information content (AvgIpc) is 2.89. The van der Waals surface area contributed by atoms with Gasteiger partial charge in [-0.15, -0.1) is 0 Å². The van der Waals surface area contributed by atoms with Gasteiger partial charge in [-0.2, -0.15) is 5.26 Å². The van der Waals surface area contributed by atoms with Crippen LogP contribution in [0.4, 0.5) is 5.69 Å². The molecular weight excluding hydrogens is 478 g/mol. The van der Waals surface area contributed by atoms with E-state index in [9.17, 15) is 10.1 Å². The molecule has 0 atom stereocenters. The SMILES string of the molecule is CCOc1ccc(NC(=O)CSc2nc(-c3ccc(Cl)cc3)cc(-c3ccccc3)c2C#N)cc1. The predicted octanol–water partition coefficient (Wildman–Crippen LogP) is 7.07. The number of nitrogens with zero attached hydrogens (tertiary/aromatic N) is 2. The summed E-state index contributed by atoms with van der Waals surface area (Å²) in [5.41, 5.74) is 4.36. The number of anilines is 1. The van der Waals surface area contributed by atoms with E-state index in [0.29, 0.717) is 33.6 Å². The van der Waals surface area contributed by atoms with Gasteiger partial charge in [0.25, 0.3) is 0 Å². The number of pyridine rings is 1. The number of carbonyl (C=O) groups is 1. The molecule has 0 unspecified atom stereocenters. The number of thioether (sulfide) groups is 1.